The van der Waals surface area contributed by atoms with E-state index in [4.69, 9.17) is 14.2 Å². The molecule has 2 saturated heterocycles. The molecule has 2 heterocycles. The highest BCUT2D eigenvalue weighted by Crippen LogP contribution is 2.33. The highest BCUT2D eigenvalue weighted by Gasteiger charge is 2.36. The third kappa shape index (κ3) is 6.91. The topological polar surface area (TPSA) is 137 Å². The number of amides is 3. The maximum absolute atomic E-state index is 14.9. The summed E-state index contributed by atoms with van der Waals surface area (Å²) in [6.07, 6.45) is -2.15. The Bertz CT molecular complexity index is 1350. The van der Waals surface area contributed by atoms with E-state index in [1.807, 2.05) is 0 Å². The van der Waals surface area contributed by atoms with Crippen LogP contribution in [0.5, 0.6) is 0 Å². The number of esters is 1. The number of anilines is 1. The fraction of sp³-hybridized carbons (Fsp3) is 0.385. The minimum atomic E-state index is -3.09. The smallest absolute Gasteiger partial charge is 0.419 e. The van der Waals surface area contributed by atoms with Gasteiger partial charge in [-0.05, 0) is 48.6 Å². The van der Waals surface area contributed by atoms with Gasteiger partial charge in [0.05, 0.1) is 35.8 Å². The van der Waals surface area contributed by atoms with Crippen LogP contribution in [0.4, 0.5) is 19.7 Å². The van der Waals surface area contributed by atoms with E-state index >= 15 is 0 Å². The van der Waals surface area contributed by atoms with Crippen LogP contribution < -0.4 is 4.90 Å². The van der Waals surface area contributed by atoms with E-state index in [2.05, 4.69) is 0 Å². The summed E-state index contributed by atoms with van der Waals surface area (Å²) >= 11 is 0. The number of sulfone groups is 1. The van der Waals surface area contributed by atoms with Crippen molar-refractivity contribution in [2.24, 2.45) is 0 Å². The maximum atomic E-state index is 14.9. The van der Waals surface area contributed by atoms with Crippen molar-refractivity contribution >= 4 is 39.6 Å². The summed E-state index contributed by atoms with van der Waals surface area (Å²) in [5.41, 5.74) is 0.860. The lowest BCUT2D eigenvalue weighted by atomic mass is 9.93. The number of halogens is 1. The third-order valence-electron chi connectivity index (χ3n) is 6.53. The van der Waals surface area contributed by atoms with Crippen molar-refractivity contribution in [3.8, 4) is 0 Å². The number of benzene rings is 2. The summed E-state index contributed by atoms with van der Waals surface area (Å²) in [5, 5.41) is 0. The van der Waals surface area contributed by atoms with Gasteiger partial charge in [0.15, 0.2) is 0 Å². The van der Waals surface area contributed by atoms with Gasteiger partial charge >= 0.3 is 18.2 Å². The first-order valence-electron chi connectivity index (χ1n) is 12.2. The second kappa shape index (κ2) is 11.8. The summed E-state index contributed by atoms with van der Waals surface area (Å²) in [4.78, 5) is 50.9. The molecule has 2 aromatic rings. The van der Waals surface area contributed by atoms with Gasteiger partial charge in [-0.1, -0.05) is 24.3 Å². The van der Waals surface area contributed by atoms with Crippen LogP contribution in [0.3, 0.4) is 0 Å². The van der Waals surface area contributed by atoms with Gasteiger partial charge in [0.25, 0.3) is 0 Å². The molecule has 1 atom stereocenters. The summed E-state index contributed by atoms with van der Waals surface area (Å²) in [6.45, 7) is -0.0126. The predicted octanol–water partition coefficient (Wildman–Crippen LogP) is 3.24. The molecule has 0 spiro atoms. The normalized spacial score (nSPS) is 18.8. The Hall–Kier alpha value is -4.00. The van der Waals surface area contributed by atoms with Crippen molar-refractivity contribution in [2.75, 3.05) is 36.3 Å². The zero-order chi connectivity index (χ0) is 28.2. The quantitative estimate of drug-likeness (QED) is 0.368. The number of cyclic esters (lactones) is 1. The molecule has 3 amide bonds. The standard InChI is InChI=1S/C26H27FN2O9S/c1-17(30)28(25(32)37-16-36-24(31)19-5-3-2-4-6-19)14-21-15-29(26(33)38-21)20-7-8-22(23(27)13-20)18-9-11-39(34,35)12-10-18/h2-8,13,18,21H,9-12,14-16H2,1H3. The molecule has 2 fully saturated rings. The van der Waals surface area contributed by atoms with Crippen molar-refractivity contribution < 1.29 is 46.2 Å². The molecule has 2 aliphatic heterocycles. The average molecular weight is 563 g/mol. The minimum absolute atomic E-state index is 0.00350. The Balaban J connectivity index is 1.33. The first-order valence-corrected chi connectivity index (χ1v) is 14.0. The zero-order valence-corrected chi connectivity index (χ0v) is 21.9. The molecule has 1 unspecified atom stereocenters. The molecule has 0 aromatic heterocycles. The van der Waals surface area contributed by atoms with Crippen LogP contribution in [-0.2, 0) is 28.8 Å². The minimum Gasteiger partial charge on any atom is -0.442 e. The lowest BCUT2D eigenvalue weighted by Gasteiger charge is -2.23. The van der Waals surface area contributed by atoms with Crippen LogP contribution in [0.1, 0.15) is 41.6 Å². The van der Waals surface area contributed by atoms with Crippen LogP contribution >= 0.6 is 0 Å². The molecule has 13 heteroatoms. The van der Waals surface area contributed by atoms with E-state index in [0.29, 0.717) is 23.3 Å². The monoisotopic (exact) mass is 562 g/mol. The Morgan fingerprint density at radius 1 is 1.08 bits per heavy atom. The lowest BCUT2D eigenvalue weighted by molar-refractivity contribution is -0.128. The second-order valence-corrected chi connectivity index (χ2v) is 11.5. The molecule has 0 radical (unpaired) electrons. The number of hydrogen-bond donors (Lipinski definition) is 0. The lowest BCUT2D eigenvalue weighted by Crippen LogP contribution is -2.42. The van der Waals surface area contributed by atoms with Crippen molar-refractivity contribution in [3.05, 3.63) is 65.5 Å². The average Bonchev–Trinajstić information content (AvgIpc) is 3.27. The maximum Gasteiger partial charge on any atom is 0.419 e. The summed E-state index contributed by atoms with van der Waals surface area (Å²) in [7, 11) is -3.09. The highest BCUT2D eigenvalue weighted by molar-refractivity contribution is 7.91. The van der Waals surface area contributed by atoms with Crippen LogP contribution in [0.2, 0.25) is 0 Å². The summed E-state index contributed by atoms with van der Waals surface area (Å²) < 4.78 is 53.3. The SMILES string of the molecule is CC(=O)N(CC1CN(c2ccc(C3CCS(=O)(=O)CC3)c(F)c2)C(=O)O1)C(=O)OCOC(=O)c1ccccc1. The number of nitrogens with zero attached hydrogens (tertiary/aromatic N) is 2. The second-order valence-electron chi connectivity index (χ2n) is 9.20. The van der Waals surface area contributed by atoms with Gasteiger partial charge in [0.1, 0.15) is 21.8 Å². The van der Waals surface area contributed by atoms with Crippen molar-refractivity contribution in [1.82, 2.24) is 4.90 Å². The number of imide groups is 1. The molecule has 0 aliphatic carbocycles. The molecule has 2 aromatic carbocycles. The van der Waals surface area contributed by atoms with Gasteiger partial charge in [0.2, 0.25) is 12.7 Å². The van der Waals surface area contributed by atoms with Gasteiger partial charge in [-0.2, -0.15) is 0 Å². The Morgan fingerprint density at radius 2 is 1.77 bits per heavy atom. The number of ether oxygens (including phenoxy) is 3. The number of carbonyl (C=O) groups excluding carboxylic acids is 4. The van der Waals surface area contributed by atoms with Crippen molar-refractivity contribution in [1.29, 1.82) is 0 Å². The fourth-order valence-corrected chi connectivity index (χ4v) is 5.94. The van der Waals surface area contributed by atoms with Gasteiger partial charge in [-0.3, -0.25) is 9.69 Å². The van der Waals surface area contributed by atoms with Crippen LogP contribution in [0.15, 0.2) is 48.5 Å². The van der Waals surface area contributed by atoms with Gasteiger partial charge in [0, 0.05) is 6.92 Å². The fourth-order valence-electron chi connectivity index (χ4n) is 4.45. The highest BCUT2D eigenvalue weighted by atomic mass is 32.2. The van der Waals surface area contributed by atoms with E-state index in [9.17, 15) is 32.0 Å². The molecule has 2 aliphatic rings. The molecular weight excluding hydrogens is 535 g/mol. The number of hydrogen-bond acceptors (Lipinski definition) is 9. The van der Waals surface area contributed by atoms with E-state index in [1.54, 1.807) is 24.3 Å². The Morgan fingerprint density at radius 3 is 2.41 bits per heavy atom. The van der Waals surface area contributed by atoms with Crippen LogP contribution in [-0.4, -0.2) is 74.9 Å². The van der Waals surface area contributed by atoms with Crippen molar-refractivity contribution in [3.63, 3.8) is 0 Å². The summed E-state index contributed by atoms with van der Waals surface area (Å²) in [6, 6.07) is 12.3. The molecule has 0 saturated carbocycles. The molecule has 0 bridgehead atoms. The first-order chi connectivity index (χ1) is 18.5. The first kappa shape index (κ1) is 28.0. The van der Waals surface area contributed by atoms with Crippen molar-refractivity contribution in [2.45, 2.75) is 31.8 Å². The van der Waals surface area contributed by atoms with Crippen LogP contribution in [0, 0.1) is 5.82 Å². The van der Waals surface area contributed by atoms with Gasteiger partial charge < -0.3 is 14.2 Å². The van der Waals surface area contributed by atoms with Gasteiger partial charge in [-0.15, -0.1) is 0 Å². The number of rotatable bonds is 7. The molecule has 4 rings (SSSR count). The largest absolute Gasteiger partial charge is 0.442 e. The summed E-state index contributed by atoms with van der Waals surface area (Å²) in [5.74, 6) is -2.19. The molecule has 0 N–H and O–H groups in total. The van der Waals surface area contributed by atoms with Crippen LogP contribution in [0.25, 0.3) is 0 Å². The Kier molecular flexibility index (Phi) is 8.48. The Labute approximate surface area is 224 Å². The zero-order valence-electron chi connectivity index (χ0n) is 21.1. The molecule has 11 nitrogen and oxygen atoms in total. The van der Waals surface area contributed by atoms with Gasteiger partial charge in [-0.25, -0.2) is 32.1 Å². The predicted molar refractivity (Wildman–Crippen MR) is 135 cm³/mol. The molecule has 39 heavy (non-hydrogen) atoms. The van der Waals surface area contributed by atoms with E-state index in [1.165, 1.54) is 29.2 Å². The van der Waals surface area contributed by atoms with E-state index in [-0.39, 0.29) is 41.8 Å². The molecule has 208 valence electrons. The number of carbonyl (C=O) groups is 4. The molecular formula is C26H27FN2O9S. The third-order valence-corrected chi connectivity index (χ3v) is 8.25. The van der Waals surface area contributed by atoms with E-state index < -0.39 is 52.6 Å². The van der Waals surface area contributed by atoms with E-state index in [0.717, 1.165) is 6.92 Å².